The lowest BCUT2D eigenvalue weighted by molar-refractivity contribution is -0.164. The molecule has 1 aliphatic carbocycles. The van der Waals surface area contributed by atoms with Crippen LogP contribution in [0.3, 0.4) is 0 Å². The highest BCUT2D eigenvalue weighted by molar-refractivity contribution is 8.35. The van der Waals surface area contributed by atoms with Gasteiger partial charge in [-0.25, -0.2) is 9.98 Å². The molecule has 10 nitrogen and oxygen atoms in total. The molecule has 5 heterocycles. The number of thioether (sulfide) groups is 2. The number of hydrogen-bond donors (Lipinski definition) is 0. The Morgan fingerprint density at radius 1 is 0.722 bits per heavy atom. The van der Waals surface area contributed by atoms with Gasteiger partial charge >= 0.3 is 11.9 Å². The van der Waals surface area contributed by atoms with Crippen molar-refractivity contribution in [1.29, 1.82) is 0 Å². The average molecular weight is 847 g/mol. The topological polar surface area (TPSA) is 118 Å². The number of hydrogen-bond acceptors (Lipinski definition) is 15. The van der Waals surface area contributed by atoms with Crippen LogP contribution < -0.4 is 0 Å². The van der Waals surface area contributed by atoms with E-state index >= 15 is 0 Å². The maximum Gasteiger partial charge on any atom is 0.334 e. The Labute approximate surface area is 339 Å². The first-order valence-corrected chi connectivity index (χ1v) is 21.4. The van der Waals surface area contributed by atoms with Gasteiger partial charge in [0.1, 0.15) is 26.9 Å². The largest absolute Gasteiger partial charge is 0.459 e. The van der Waals surface area contributed by atoms with E-state index in [0.29, 0.717) is 46.9 Å². The third-order valence-corrected chi connectivity index (χ3v) is 15.2. The van der Waals surface area contributed by atoms with Crippen molar-refractivity contribution in [3.8, 4) is 0 Å². The van der Waals surface area contributed by atoms with Crippen molar-refractivity contribution >= 4 is 154 Å². The van der Waals surface area contributed by atoms with Gasteiger partial charge in [0.15, 0.2) is 10.1 Å². The summed E-state index contributed by atoms with van der Waals surface area (Å²) < 4.78 is 16.1. The fourth-order valence-corrected chi connectivity index (χ4v) is 13.0. The molecule has 2 amide bonds. The monoisotopic (exact) mass is 846 g/mol. The van der Waals surface area contributed by atoms with Crippen molar-refractivity contribution in [3.63, 3.8) is 0 Å². The summed E-state index contributed by atoms with van der Waals surface area (Å²) in [5, 5.41) is 0.996. The quantitative estimate of drug-likeness (QED) is 0.0770. The summed E-state index contributed by atoms with van der Waals surface area (Å²) in [5.41, 5.74) is -0.302. The molecule has 0 saturated carbocycles. The van der Waals surface area contributed by atoms with Crippen LogP contribution in [-0.4, -0.2) is 65.4 Å². The number of esters is 2. The van der Waals surface area contributed by atoms with E-state index in [1.54, 1.807) is 6.08 Å². The minimum Gasteiger partial charge on any atom is -0.459 e. The Morgan fingerprint density at radius 3 is 1.78 bits per heavy atom. The summed E-state index contributed by atoms with van der Waals surface area (Å²) in [6.07, 6.45) is 1.67. The second-order valence-corrected chi connectivity index (χ2v) is 18.3. The second-order valence-electron chi connectivity index (χ2n) is 12.0. The molecule has 0 N–H and O–H groups in total. The average Bonchev–Trinajstić information content (AvgIpc) is 3.99. The van der Waals surface area contributed by atoms with Crippen LogP contribution in [0.1, 0.15) is 35.4 Å². The third kappa shape index (κ3) is 6.24. The molecule has 5 aromatic rings. The van der Waals surface area contributed by atoms with Gasteiger partial charge in [0, 0.05) is 28.2 Å². The molecule has 2 saturated heterocycles. The zero-order valence-electron chi connectivity index (χ0n) is 28.4. The summed E-state index contributed by atoms with van der Waals surface area (Å²) in [4.78, 5) is 69.0. The number of fused-ring (bicyclic) bond motifs is 5. The van der Waals surface area contributed by atoms with Crippen molar-refractivity contribution in [1.82, 2.24) is 9.80 Å². The van der Waals surface area contributed by atoms with Crippen molar-refractivity contribution < 1.29 is 28.7 Å². The van der Waals surface area contributed by atoms with Crippen molar-refractivity contribution in [2.75, 3.05) is 13.1 Å². The highest BCUT2D eigenvalue weighted by Crippen LogP contribution is 2.57. The Kier molecular flexibility index (Phi) is 10.1. The zero-order valence-corrected chi connectivity index (χ0v) is 34.1. The summed E-state index contributed by atoms with van der Waals surface area (Å²) in [7, 11) is 0. The lowest BCUT2D eigenvalue weighted by Crippen LogP contribution is -2.46. The smallest absolute Gasteiger partial charge is 0.334 e. The van der Waals surface area contributed by atoms with Gasteiger partial charge in [0.25, 0.3) is 11.8 Å². The molecule has 0 atom stereocenters. The highest BCUT2D eigenvalue weighted by atomic mass is 32.2. The Hall–Kier alpha value is -4.10. The molecule has 0 unspecified atom stereocenters. The number of aliphatic imine (C=N–C) groups is 2. The molecular formula is C37H26N4O6S7. The second kappa shape index (κ2) is 14.9. The van der Waals surface area contributed by atoms with Crippen LogP contribution in [0, 0.1) is 0 Å². The van der Waals surface area contributed by atoms with Gasteiger partial charge in [-0.2, -0.15) is 0 Å². The molecule has 2 aliphatic heterocycles. The van der Waals surface area contributed by atoms with Gasteiger partial charge < -0.3 is 9.47 Å². The first-order valence-electron chi connectivity index (χ1n) is 16.5. The first kappa shape index (κ1) is 36.9. The molecule has 272 valence electrons. The van der Waals surface area contributed by atoms with Gasteiger partial charge in [-0.1, -0.05) is 85.1 Å². The normalized spacial score (nSPS) is 18.1. The van der Waals surface area contributed by atoms with Crippen LogP contribution in [0.4, 0.5) is 5.00 Å². The summed E-state index contributed by atoms with van der Waals surface area (Å²) in [5.74, 6) is -2.38. The number of nitrogens with zero attached hydrogens (tertiary/aromatic N) is 4. The lowest BCUT2D eigenvalue weighted by Gasteiger charge is -2.27. The van der Waals surface area contributed by atoms with Crippen LogP contribution in [0.25, 0.3) is 24.9 Å². The van der Waals surface area contributed by atoms with Gasteiger partial charge in [0.2, 0.25) is 5.41 Å². The number of ether oxygens (including phenoxy) is 2. The molecule has 2 aromatic carbocycles. The van der Waals surface area contributed by atoms with Crippen LogP contribution in [0.15, 0.2) is 82.4 Å². The Bertz CT molecular complexity index is 2460. The number of amides is 2. The standard InChI is InChI=1S/C37H26N4O6S7/c1-3-40-31(42)29(53-35(40)48)38-23-15-21-25(27-28(50-21)26-22(51-27)16-24(52-26)39-30-32(43)41(4-2)36(49)54-30)37(23,33(44)46-17-19-11-7-5-8-12-19)34(45)47-18-20-13-9-6-10-14-20/h5-16H,3-4,17-18H2,1-2H3/b38-29-,39-30-. The first-order chi connectivity index (χ1) is 26.1. The van der Waals surface area contributed by atoms with E-state index in [1.165, 1.54) is 55.6 Å². The summed E-state index contributed by atoms with van der Waals surface area (Å²) in [6, 6.07) is 20.2. The van der Waals surface area contributed by atoms with E-state index < -0.39 is 23.3 Å². The summed E-state index contributed by atoms with van der Waals surface area (Å²) in [6.45, 7) is 4.25. The minimum atomic E-state index is -2.17. The van der Waals surface area contributed by atoms with E-state index in [1.807, 2.05) is 80.6 Å². The van der Waals surface area contributed by atoms with E-state index in [9.17, 15) is 19.2 Å². The molecule has 54 heavy (non-hydrogen) atoms. The van der Waals surface area contributed by atoms with Crippen molar-refractivity contribution in [3.05, 3.63) is 94.0 Å². The number of rotatable bonds is 10. The number of carbonyl (C=O) groups is 4. The maximum atomic E-state index is 14.8. The zero-order chi connectivity index (χ0) is 37.7. The molecule has 3 aliphatic rings. The fourth-order valence-electron chi connectivity index (χ4n) is 6.19. The number of benzene rings is 2. The lowest BCUT2D eigenvalue weighted by atomic mass is 9.81. The molecule has 0 spiro atoms. The molecule has 3 aromatic heterocycles. The Balaban J connectivity index is 1.28. The Morgan fingerprint density at radius 2 is 1.26 bits per heavy atom. The molecular weight excluding hydrogens is 821 g/mol. The van der Waals surface area contributed by atoms with E-state index in [2.05, 4.69) is 4.99 Å². The summed E-state index contributed by atoms with van der Waals surface area (Å²) >= 11 is 17.2. The van der Waals surface area contributed by atoms with Gasteiger partial charge in [0.05, 0.1) is 19.8 Å². The highest BCUT2D eigenvalue weighted by Gasteiger charge is 2.60. The van der Waals surface area contributed by atoms with E-state index in [0.717, 1.165) is 37.0 Å². The molecule has 2 fully saturated rings. The van der Waals surface area contributed by atoms with Gasteiger partial charge in [-0.15, -0.1) is 34.0 Å². The van der Waals surface area contributed by atoms with Crippen LogP contribution in [0.5, 0.6) is 0 Å². The molecule has 0 radical (unpaired) electrons. The van der Waals surface area contributed by atoms with Crippen LogP contribution in [-0.2, 0) is 47.3 Å². The molecule has 8 rings (SSSR count). The van der Waals surface area contributed by atoms with Gasteiger partial charge in [-0.05, 0) is 60.6 Å². The van der Waals surface area contributed by atoms with E-state index in [4.69, 9.17) is 38.9 Å². The maximum absolute atomic E-state index is 14.8. The third-order valence-electron chi connectivity index (χ3n) is 8.79. The van der Waals surface area contributed by atoms with Crippen molar-refractivity contribution in [2.24, 2.45) is 9.98 Å². The van der Waals surface area contributed by atoms with Crippen LogP contribution >= 0.6 is 82.0 Å². The van der Waals surface area contributed by atoms with E-state index in [-0.39, 0.29) is 29.9 Å². The predicted molar refractivity (Wildman–Crippen MR) is 227 cm³/mol. The molecule has 17 heteroatoms. The fraction of sp³-hybridized carbons (Fsp3) is 0.189. The molecule has 0 bridgehead atoms. The number of thiocarbonyl (C=S) groups is 2. The SMILES string of the molecule is CCN1C(=O)/C(=N/C2=Cc3sc4c(sc5cc(/N=C6\SC(=S)N(CC)C6=O)sc54)c3C2(C(=O)OCc2ccccc2)C(=O)OCc2ccccc2)SC1=S. The number of carbonyl (C=O) groups excluding carboxylic acids is 4. The minimum absolute atomic E-state index is 0.0236. The predicted octanol–water partition coefficient (Wildman–Crippen LogP) is 8.45. The van der Waals surface area contributed by atoms with Crippen molar-refractivity contribution in [2.45, 2.75) is 32.5 Å². The van der Waals surface area contributed by atoms with Crippen LogP contribution in [0.2, 0.25) is 0 Å². The number of thiophene rings is 3. The van der Waals surface area contributed by atoms with Gasteiger partial charge in [-0.3, -0.25) is 29.0 Å².